The quantitative estimate of drug-likeness (QED) is 0.609. The van der Waals surface area contributed by atoms with E-state index in [-0.39, 0.29) is 0 Å². The molecule has 0 aliphatic carbocycles. The lowest BCUT2D eigenvalue weighted by Crippen LogP contribution is -2.52. The summed E-state index contributed by atoms with van der Waals surface area (Å²) in [7, 11) is 5.26. The number of nitrogens with zero attached hydrogens (tertiary/aromatic N) is 3. The molecule has 0 unspecified atom stereocenters. The van der Waals surface area contributed by atoms with Crippen LogP contribution < -0.4 is 14.8 Å². The van der Waals surface area contributed by atoms with E-state index in [1.807, 2.05) is 19.2 Å². The summed E-state index contributed by atoms with van der Waals surface area (Å²) >= 11 is 1.76. The lowest BCUT2D eigenvalue weighted by molar-refractivity contribution is 0.171. The first-order chi connectivity index (χ1) is 13.2. The second-order valence-corrected chi connectivity index (χ2v) is 7.45. The van der Waals surface area contributed by atoms with E-state index in [4.69, 9.17) is 9.47 Å². The third kappa shape index (κ3) is 5.14. The molecule has 1 N–H and O–H groups in total. The van der Waals surface area contributed by atoms with E-state index >= 15 is 0 Å². The Labute approximate surface area is 165 Å². The molecule has 1 saturated heterocycles. The van der Waals surface area contributed by atoms with Gasteiger partial charge in [-0.1, -0.05) is 6.07 Å². The van der Waals surface area contributed by atoms with Crippen molar-refractivity contribution < 1.29 is 9.47 Å². The summed E-state index contributed by atoms with van der Waals surface area (Å²) in [4.78, 5) is 10.5. The third-order valence-corrected chi connectivity index (χ3v) is 5.64. The Morgan fingerprint density at radius 1 is 1.15 bits per heavy atom. The van der Waals surface area contributed by atoms with Crippen LogP contribution in [0, 0.1) is 0 Å². The number of ether oxygens (including phenoxy) is 2. The molecule has 3 rings (SSSR count). The van der Waals surface area contributed by atoms with Crippen LogP contribution in [0.25, 0.3) is 0 Å². The monoisotopic (exact) mass is 388 g/mol. The number of methoxy groups -OCH3 is 2. The predicted octanol–water partition coefficient (Wildman–Crippen LogP) is 2.66. The normalized spacial score (nSPS) is 15.7. The SMILES string of the molecule is CN=C(NCc1cccs1)N1CCN(Cc2cc(OC)ccc2OC)CC1. The number of thiophene rings is 1. The average Bonchev–Trinajstić information content (AvgIpc) is 3.23. The van der Waals surface area contributed by atoms with Gasteiger partial charge in [-0.15, -0.1) is 11.3 Å². The number of rotatable bonds is 6. The molecular weight excluding hydrogens is 360 g/mol. The van der Waals surface area contributed by atoms with E-state index in [2.05, 4.69) is 43.7 Å². The van der Waals surface area contributed by atoms with Crippen LogP contribution in [-0.4, -0.2) is 63.2 Å². The van der Waals surface area contributed by atoms with Crippen LogP contribution in [0.1, 0.15) is 10.4 Å². The summed E-state index contributed by atoms with van der Waals surface area (Å²) in [5.41, 5.74) is 1.16. The molecule has 0 radical (unpaired) electrons. The highest BCUT2D eigenvalue weighted by atomic mass is 32.1. The lowest BCUT2D eigenvalue weighted by Gasteiger charge is -2.36. The maximum atomic E-state index is 5.51. The van der Waals surface area contributed by atoms with Crippen molar-refractivity contribution in [3.63, 3.8) is 0 Å². The van der Waals surface area contributed by atoms with Crippen LogP contribution >= 0.6 is 11.3 Å². The topological polar surface area (TPSA) is 49.3 Å². The van der Waals surface area contributed by atoms with Crippen molar-refractivity contribution in [1.29, 1.82) is 0 Å². The summed E-state index contributed by atoms with van der Waals surface area (Å²) in [5.74, 6) is 2.75. The van der Waals surface area contributed by atoms with Crippen molar-refractivity contribution in [1.82, 2.24) is 15.1 Å². The number of nitrogens with one attached hydrogen (secondary N) is 1. The minimum absolute atomic E-state index is 0.825. The number of guanidine groups is 1. The van der Waals surface area contributed by atoms with Crippen molar-refractivity contribution in [3.8, 4) is 11.5 Å². The second kappa shape index (κ2) is 9.62. The summed E-state index contributed by atoms with van der Waals surface area (Å²) in [6.45, 7) is 5.56. The molecule has 146 valence electrons. The maximum Gasteiger partial charge on any atom is 0.194 e. The molecule has 2 heterocycles. The van der Waals surface area contributed by atoms with E-state index in [1.54, 1.807) is 25.6 Å². The van der Waals surface area contributed by atoms with Crippen LogP contribution in [0.2, 0.25) is 0 Å². The highest BCUT2D eigenvalue weighted by molar-refractivity contribution is 7.09. The van der Waals surface area contributed by atoms with Gasteiger partial charge in [0.2, 0.25) is 0 Å². The van der Waals surface area contributed by atoms with Crippen molar-refractivity contribution in [2.45, 2.75) is 13.1 Å². The van der Waals surface area contributed by atoms with Crippen LogP contribution in [0.4, 0.5) is 0 Å². The van der Waals surface area contributed by atoms with Crippen LogP contribution in [0.3, 0.4) is 0 Å². The molecular formula is C20H28N4O2S. The molecule has 1 aliphatic heterocycles. The van der Waals surface area contributed by atoms with Gasteiger partial charge in [-0.2, -0.15) is 0 Å². The Kier molecular flexibility index (Phi) is 6.95. The lowest BCUT2D eigenvalue weighted by atomic mass is 10.1. The van der Waals surface area contributed by atoms with Gasteiger partial charge in [-0.25, -0.2) is 0 Å². The van der Waals surface area contributed by atoms with Gasteiger partial charge in [0, 0.05) is 50.2 Å². The van der Waals surface area contributed by atoms with Gasteiger partial charge >= 0.3 is 0 Å². The molecule has 1 aliphatic rings. The molecule has 0 amide bonds. The summed E-state index contributed by atoms with van der Waals surface area (Å²) in [6, 6.07) is 10.2. The minimum atomic E-state index is 0.825. The van der Waals surface area contributed by atoms with E-state index in [1.165, 1.54) is 4.88 Å². The zero-order valence-corrected chi connectivity index (χ0v) is 17.1. The fourth-order valence-corrected chi connectivity index (χ4v) is 3.92. The Morgan fingerprint density at radius 2 is 1.96 bits per heavy atom. The zero-order valence-electron chi connectivity index (χ0n) is 16.3. The molecule has 1 aromatic carbocycles. The predicted molar refractivity (Wildman–Crippen MR) is 111 cm³/mol. The summed E-state index contributed by atoms with van der Waals surface area (Å²) in [5, 5.41) is 5.57. The third-order valence-electron chi connectivity index (χ3n) is 4.77. The fraction of sp³-hybridized carbons (Fsp3) is 0.450. The van der Waals surface area contributed by atoms with Gasteiger partial charge in [0.15, 0.2) is 5.96 Å². The molecule has 0 saturated carbocycles. The van der Waals surface area contributed by atoms with Gasteiger partial charge in [0.25, 0.3) is 0 Å². The fourth-order valence-electron chi connectivity index (χ4n) is 3.28. The molecule has 0 atom stereocenters. The number of hydrogen-bond acceptors (Lipinski definition) is 5. The van der Waals surface area contributed by atoms with E-state index in [0.29, 0.717) is 0 Å². The highest BCUT2D eigenvalue weighted by Crippen LogP contribution is 2.25. The van der Waals surface area contributed by atoms with Crippen LogP contribution in [0.5, 0.6) is 11.5 Å². The number of aliphatic imine (C=N–C) groups is 1. The zero-order chi connectivity index (χ0) is 19.1. The molecule has 7 heteroatoms. The molecule has 0 bridgehead atoms. The van der Waals surface area contributed by atoms with Gasteiger partial charge in [0.1, 0.15) is 11.5 Å². The molecule has 0 spiro atoms. The first-order valence-electron chi connectivity index (χ1n) is 9.14. The molecule has 27 heavy (non-hydrogen) atoms. The summed E-state index contributed by atoms with van der Waals surface area (Å²) in [6.07, 6.45) is 0. The Balaban J connectivity index is 1.54. The van der Waals surface area contributed by atoms with Crippen LogP contribution in [0.15, 0.2) is 40.7 Å². The van der Waals surface area contributed by atoms with Crippen molar-refractivity contribution >= 4 is 17.3 Å². The second-order valence-electron chi connectivity index (χ2n) is 6.42. The van der Waals surface area contributed by atoms with Gasteiger partial charge < -0.3 is 19.7 Å². The molecule has 1 fully saturated rings. The van der Waals surface area contributed by atoms with Crippen molar-refractivity contribution in [2.24, 2.45) is 4.99 Å². The Morgan fingerprint density at radius 3 is 2.59 bits per heavy atom. The van der Waals surface area contributed by atoms with Gasteiger partial charge in [-0.3, -0.25) is 9.89 Å². The number of benzene rings is 1. The summed E-state index contributed by atoms with van der Waals surface area (Å²) < 4.78 is 10.9. The smallest absolute Gasteiger partial charge is 0.194 e. The number of hydrogen-bond donors (Lipinski definition) is 1. The van der Waals surface area contributed by atoms with E-state index in [0.717, 1.165) is 62.3 Å². The molecule has 2 aromatic rings. The van der Waals surface area contributed by atoms with E-state index < -0.39 is 0 Å². The average molecular weight is 389 g/mol. The minimum Gasteiger partial charge on any atom is -0.497 e. The van der Waals surface area contributed by atoms with E-state index in [9.17, 15) is 0 Å². The first kappa shape index (κ1) is 19.5. The van der Waals surface area contributed by atoms with Gasteiger partial charge in [-0.05, 0) is 29.6 Å². The van der Waals surface area contributed by atoms with Crippen molar-refractivity contribution in [2.75, 3.05) is 47.4 Å². The van der Waals surface area contributed by atoms with Gasteiger partial charge in [0.05, 0.1) is 20.8 Å². The Bertz CT molecular complexity index is 740. The largest absolute Gasteiger partial charge is 0.497 e. The van der Waals surface area contributed by atoms with Crippen molar-refractivity contribution in [3.05, 3.63) is 46.2 Å². The molecule has 1 aromatic heterocycles. The van der Waals surface area contributed by atoms with Crippen LogP contribution in [-0.2, 0) is 13.1 Å². The Hall–Kier alpha value is -2.25. The standard InChI is InChI=1S/C20H28N4O2S/c1-21-20(22-14-18-5-4-12-27-18)24-10-8-23(9-11-24)15-16-13-17(25-2)6-7-19(16)26-3/h4-7,12-13H,8-11,14-15H2,1-3H3,(H,21,22). The highest BCUT2D eigenvalue weighted by Gasteiger charge is 2.20. The molecule has 6 nitrogen and oxygen atoms in total. The number of piperazine rings is 1. The first-order valence-corrected chi connectivity index (χ1v) is 10.0. The maximum absolute atomic E-state index is 5.51.